The van der Waals surface area contributed by atoms with Crippen molar-refractivity contribution in [2.24, 2.45) is 0 Å². The van der Waals surface area contributed by atoms with Crippen LogP contribution in [0.15, 0.2) is 33.5 Å². The summed E-state index contributed by atoms with van der Waals surface area (Å²) in [6.45, 7) is 2.61. The Hall–Kier alpha value is -2.01. The Balaban J connectivity index is 1.86. The second-order valence-corrected chi connectivity index (χ2v) is 5.97. The van der Waals surface area contributed by atoms with Crippen LogP contribution in [0.5, 0.6) is 11.5 Å². The van der Waals surface area contributed by atoms with Gasteiger partial charge in [0.25, 0.3) is 0 Å². The maximum Gasteiger partial charge on any atom is 0.383 e. The van der Waals surface area contributed by atoms with Crippen LogP contribution in [0.25, 0.3) is 11.0 Å². The molecular weight excluding hydrogens is 308 g/mol. The minimum Gasteiger partial charge on any atom is -0.489 e. The molecule has 0 N–H and O–H groups in total. The van der Waals surface area contributed by atoms with E-state index in [1.807, 2.05) is 18.2 Å². The maximum atomic E-state index is 12.3. The number of hydrogen-bond donors (Lipinski definition) is 0. The normalized spacial score (nSPS) is 17.8. The van der Waals surface area contributed by atoms with E-state index in [0.717, 1.165) is 57.1 Å². The van der Waals surface area contributed by atoms with Gasteiger partial charge in [-0.3, -0.25) is 0 Å². The van der Waals surface area contributed by atoms with Crippen LogP contribution in [-0.4, -0.2) is 26.4 Å². The maximum absolute atomic E-state index is 12.3. The summed E-state index contributed by atoms with van der Waals surface area (Å²) in [6, 6.07) is 7.40. The van der Waals surface area contributed by atoms with Gasteiger partial charge >= 0.3 is 5.63 Å². The fraction of sp³-hybridized carbons (Fsp3) is 0.526. The molecule has 0 amide bonds. The second-order valence-electron chi connectivity index (χ2n) is 5.97. The zero-order chi connectivity index (χ0) is 16.6. The summed E-state index contributed by atoms with van der Waals surface area (Å²) in [5.41, 5.74) is 0.0486. The fourth-order valence-corrected chi connectivity index (χ4v) is 2.79. The van der Waals surface area contributed by atoms with E-state index in [0.29, 0.717) is 24.5 Å². The molecule has 1 aromatic carbocycles. The van der Waals surface area contributed by atoms with E-state index in [1.54, 1.807) is 6.07 Å². The summed E-state index contributed by atoms with van der Waals surface area (Å²) >= 11 is 0. The van der Waals surface area contributed by atoms with Gasteiger partial charge in [0, 0.05) is 13.2 Å². The molecule has 0 radical (unpaired) electrons. The predicted molar refractivity (Wildman–Crippen MR) is 92.0 cm³/mol. The Bertz CT molecular complexity index is 706. The van der Waals surface area contributed by atoms with Gasteiger partial charge in [0.05, 0.1) is 18.6 Å². The molecule has 1 aliphatic heterocycles. The summed E-state index contributed by atoms with van der Waals surface area (Å²) in [4.78, 5) is 12.3. The van der Waals surface area contributed by atoms with Crippen molar-refractivity contribution in [1.82, 2.24) is 0 Å². The lowest BCUT2D eigenvalue weighted by molar-refractivity contribution is 0.124. The molecule has 24 heavy (non-hydrogen) atoms. The molecule has 5 heteroatoms. The highest BCUT2D eigenvalue weighted by Gasteiger charge is 2.17. The summed E-state index contributed by atoms with van der Waals surface area (Å²) in [5, 5.41) is 0.778. The highest BCUT2D eigenvalue weighted by molar-refractivity contribution is 5.85. The van der Waals surface area contributed by atoms with Crippen molar-refractivity contribution in [2.75, 3.05) is 26.4 Å². The number of ether oxygens (including phenoxy) is 3. The van der Waals surface area contributed by atoms with Crippen LogP contribution in [-0.2, 0) is 4.74 Å². The highest BCUT2D eigenvalue weighted by Crippen LogP contribution is 2.33. The van der Waals surface area contributed by atoms with E-state index < -0.39 is 5.63 Å². The van der Waals surface area contributed by atoms with Crippen molar-refractivity contribution in [2.45, 2.75) is 38.5 Å². The van der Waals surface area contributed by atoms with Crippen molar-refractivity contribution in [1.29, 1.82) is 0 Å². The molecule has 0 atom stereocenters. The summed E-state index contributed by atoms with van der Waals surface area (Å²) < 4.78 is 22.6. The van der Waals surface area contributed by atoms with Gasteiger partial charge in [-0.25, -0.2) is 4.79 Å². The van der Waals surface area contributed by atoms with Gasteiger partial charge < -0.3 is 18.6 Å². The van der Waals surface area contributed by atoms with Crippen LogP contribution in [0.1, 0.15) is 38.5 Å². The quantitative estimate of drug-likeness (QED) is 0.684. The molecule has 2 heterocycles. The van der Waals surface area contributed by atoms with Crippen LogP contribution >= 0.6 is 0 Å². The van der Waals surface area contributed by atoms with Crippen LogP contribution in [0.4, 0.5) is 0 Å². The number of fused-ring (bicyclic) bond motifs is 3. The Labute approximate surface area is 141 Å². The average Bonchev–Trinajstić information content (AvgIpc) is 2.60. The first-order valence-corrected chi connectivity index (χ1v) is 8.75. The first-order chi connectivity index (χ1) is 11.9. The Morgan fingerprint density at radius 1 is 0.708 bits per heavy atom. The zero-order valence-electron chi connectivity index (χ0n) is 13.9. The van der Waals surface area contributed by atoms with Crippen LogP contribution in [0.2, 0.25) is 0 Å². The molecule has 0 bridgehead atoms. The van der Waals surface area contributed by atoms with Crippen LogP contribution in [0.3, 0.4) is 0 Å². The van der Waals surface area contributed by atoms with Crippen molar-refractivity contribution < 1.29 is 18.6 Å². The van der Waals surface area contributed by atoms with Crippen molar-refractivity contribution >= 4 is 11.0 Å². The molecule has 0 unspecified atom stereocenters. The highest BCUT2D eigenvalue weighted by atomic mass is 16.5. The standard InChI is InChI=1S/C19H24O5/c20-19-18-17(15-9-3-4-10-16(15)24-19)22-13-7-1-5-11-21-12-6-2-8-14-23-18/h3-4,9-10H,1-2,5-8,11-14H2. The minimum absolute atomic E-state index is 0.194. The number of hydrogen-bond acceptors (Lipinski definition) is 5. The molecule has 0 fully saturated rings. The van der Waals surface area contributed by atoms with Crippen molar-refractivity contribution in [3.8, 4) is 11.5 Å². The number of para-hydroxylation sites is 1. The largest absolute Gasteiger partial charge is 0.489 e. The second kappa shape index (κ2) is 8.73. The first kappa shape index (κ1) is 16.8. The third-order valence-corrected chi connectivity index (χ3v) is 4.08. The van der Waals surface area contributed by atoms with E-state index in [4.69, 9.17) is 18.6 Å². The summed E-state index contributed by atoms with van der Waals surface area (Å²) in [6.07, 6.45) is 5.88. The van der Waals surface area contributed by atoms with Crippen LogP contribution < -0.4 is 15.1 Å². The number of rotatable bonds is 0. The average molecular weight is 332 g/mol. The van der Waals surface area contributed by atoms with E-state index in [9.17, 15) is 4.79 Å². The molecule has 0 spiro atoms. The smallest absolute Gasteiger partial charge is 0.383 e. The molecular formula is C19H24O5. The Morgan fingerprint density at radius 2 is 1.33 bits per heavy atom. The molecule has 2 aromatic rings. The Morgan fingerprint density at radius 3 is 2.08 bits per heavy atom. The molecule has 0 aliphatic carbocycles. The SMILES string of the molecule is O=c1oc2ccccc2c2c1OCCCCCOCCCCCO2. The molecule has 1 aliphatic rings. The third-order valence-electron chi connectivity index (χ3n) is 4.08. The van der Waals surface area contributed by atoms with Gasteiger partial charge in [0.1, 0.15) is 5.58 Å². The molecule has 0 saturated heterocycles. The van der Waals surface area contributed by atoms with E-state index in [-0.39, 0.29) is 5.75 Å². The van der Waals surface area contributed by atoms with Gasteiger partial charge in [0.2, 0.25) is 5.75 Å². The molecule has 130 valence electrons. The van der Waals surface area contributed by atoms with Crippen molar-refractivity contribution in [3.05, 3.63) is 34.7 Å². The van der Waals surface area contributed by atoms with Gasteiger partial charge in [0.15, 0.2) is 5.75 Å². The molecule has 3 rings (SSSR count). The van der Waals surface area contributed by atoms with Gasteiger partial charge in [-0.05, 0) is 50.7 Å². The lowest BCUT2D eigenvalue weighted by atomic mass is 10.2. The van der Waals surface area contributed by atoms with E-state index in [2.05, 4.69) is 0 Å². The third kappa shape index (κ3) is 4.29. The summed E-state index contributed by atoms with van der Waals surface area (Å²) in [5.74, 6) is 0.702. The van der Waals surface area contributed by atoms with Crippen LogP contribution in [0, 0.1) is 0 Å². The predicted octanol–water partition coefficient (Wildman–Crippen LogP) is 3.92. The molecule has 5 nitrogen and oxygen atoms in total. The van der Waals surface area contributed by atoms with E-state index in [1.165, 1.54) is 0 Å². The molecule has 0 saturated carbocycles. The first-order valence-electron chi connectivity index (χ1n) is 8.75. The van der Waals surface area contributed by atoms with Crippen molar-refractivity contribution in [3.63, 3.8) is 0 Å². The van der Waals surface area contributed by atoms with Gasteiger partial charge in [-0.1, -0.05) is 12.1 Å². The Kier molecular flexibility index (Phi) is 6.13. The molecule has 1 aromatic heterocycles. The van der Waals surface area contributed by atoms with E-state index >= 15 is 0 Å². The minimum atomic E-state index is -0.476. The zero-order valence-corrected chi connectivity index (χ0v) is 13.9. The monoisotopic (exact) mass is 332 g/mol. The lowest BCUT2D eigenvalue weighted by Gasteiger charge is -2.13. The fourth-order valence-electron chi connectivity index (χ4n) is 2.79. The number of benzene rings is 1. The topological polar surface area (TPSA) is 57.9 Å². The summed E-state index contributed by atoms with van der Waals surface area (Å²) in [7, 11) is 0. The van der Waals surface area contributed by atoms with Gasteiger partial charge in [-0.2, -0.15) is 0 Å². The van der Waals surface area contributed by atoms with Gasteiger partial charge in [-0.15, -0.1) is 0 Å². The lowest BCUT2D eigenvalue weighted by Crippen LogP contribution is -2.12.